The van der Waals surface area contributed by atoms with Crippen LogP contribution in [0.2, 0.25) is 5.02 Å². The maximum Gasteiger partial charge on any atom is 0.417 e. The molecule has 2 nitrogen and oxygen atoms in total. The van der Waals surface area contributed by atoms with Gasteiger partial charge in [0.15, 0.2) is 0 Å². The summed E-state index contributed by atoms with van der Waals surface area (Å²) < 4.78 is 43.1. The Morgan fingerprint density at radius 1 is 1.33 bits per heavy atom. The molecule has 0 spiro atoms. The number of halogens is 4. The lowest BCUT2D eigenvalue weighted by molar-refractivity contribution is -0.137. The molecule has 1 N–H and O–H groups in total. The van der Waals surface area contributed by atoms with Crippen LogP contribution < -0.4 is 10.1 Å². The van der Waals surface area contributed by atoms with E-state index in [1.54, 1.807) is 0 Å². The minimum absolute atomic E-state index is 0.00782. The van der Waals surface area contributed by atoms with Gasteiger partial charge in [0.25, 0.3) is 0 Å². The lowest BCUT2D eigenvalue weighted by atomic mass is 10.1. The maximum atomic E-state index is 12.5. The molecule has 2 rings (SSSR count). The first-order valence-corrected chi connectivity index (χ1v) is 6.09. The number of piperidine rings is 1. The van der Waals surface area contributed by atoms with Crippen LogP contribution in [0.3, 0.4) is 0 Å². The fourth-order valence-electron chi connectivity index (χ4n) is 1.91. The molecule has 0 aliphatic carbocycles. The van der Waals surface area contributed by atoms with Crippen molar-refractivity contribution in [2.45, 2.75) is 25.1 Å². The third kappa shape index (κ3) is 3.29. The van der Waals surface area contributed by atoms with E-state index >= 15 is 0 Å². The van der Waals surface area contributed by atoms with Crippen LogP contribution in [0.1, 0.15) is 18.4 Å². The molecule has 1 heterocycles. The van der Waals surface area contributed by atoms with E-state index in [2.05, 4.69) is 5.32 Å². The molecule has 0 aromatic heterocycles. The summed E-state index contributed by atoms with van der Waals surface area (Å²) in [7, 11) is 0. The minimum atomic E-state index is -4.43. The van der Waals surface area contributed by atoms with Crippen molar-refractivity contribution in [3.63, 3.8) is 0 Å². The number of nitrogens with one attached hydrogen (secondary N) is 1. The molecular formula is C12H13ClF3NO. The van der Waals surface area contributed by atoms with Crippen LogP contribution in [-0.2, 0) is 6.18 Å². The Morgan fingerprint density at radius 3 is 2.67 bits per heavy atom. The van der Waals surface area contributed by atoms with Crippen molar-refractivity contribution in [3.8, 4) is 5.75 Å². The topological polar surface area (TPSA) is 21.3 Å². The third-order valence-electron chi connectivity index (χ3n) is 2.80. The van der Waals surface area contributed by atoms with Gasteiger partial charge in [-0.05, 0) is 37.6 Å². The van der Waals surface area contributed by atoms with E-state index in [0.29, 0.717) is 12.3 Å². The summed E-state index contributed by atoms with van der Waals surface area (Å²) in [4.78, 5) is 0. The third-order valence-corrected chi connectivity index (χ3v) is 3.11. The Morgan fingerprint density at radius 2 is 2.11 bits per heavy atom. The Hall–Kier alpha value is -0.940. The summed E-state index contributed by atoms with van der Waals surface area (Å²) in [5.41, 5.74) is -0.835. The molecule has 1 aromatic rings. The number of ether oxygens (including phenoxy) is 1. The lowest BCUT2D eigenvalue weighted by Crippen LogP contribution is -2.37. The standard InChI is InChI=1S/C12H13ClF3NO/c13-11-6-8(3-4-10(11)12(14,15)16)18-9-2-1-5-17-7-9/h3-4,6,9,17H,1-2,5,7H2. The van der Waals surface area contributed by atoms with Gasteiger partial charge < -0.3 is 10.1 Å². The minimum Gasteiger partial charge on any atom is -0.489 e. The van der Waals surface area contributed by atoms with Gasteiger partial charge in [-0.15, -0.1) is 0 Å². The molecule has 0 saturated carbocycles. The molecule has 6 heteroatoms. The SMILES string of the molecule is FC(F)(F)c1ccc(OC2CCCNC2)cc1Cl. The average Bonchev–Trinajstić information content (AvgIpc) is 2.28. The van der Waals surface area contributed by atoms with Crippen molar-refractivity contribution in [1.29, 1.82) is 0 Å². The van der Waals surface area contributed by atoms with E-state index in [1.807, 2.05) is 0 Å². The molecule has 100 valence electrons. The van der Waals surface area contributed by atoms with Crippen LogP contribution in [0, 0.1) is 0 Å². The second-order valence-electron chi connectivity index (χ2n) is 4.23. The van der Waals surface area contributed by atoms with E-state index in [4.69, 9.17) is 16.3 Å². The van der Waals surface area contributed by atoms with Crippen LogP contribution in [0.15, 0.2) is 18.2 Å². The largest absolute Gasteiger partial charge is 0.489 e. The van der Waals surface area contributed by atoms with Gasteiger partial charge in [0.05, 0.1) is 10.6 Å². The van der Waals surface area contributed by atoms with Gasteiger partial charge >= 0.3 is 6.18 Å². The van der Waals surface area contributed by atoms with Crippen molar-refractivity contribution in [1.82, 2.24) is 5.32 Å². The zero-order valence-electron chi connectivity index (χ0n) is 9.56. The monoisotopic (exact) mass is 279 g/mol. The highest BCUT2D eigenvalue weighted by Gasteiger charge is 2.33. The predicted octanol–water partition coefficient (Wildman–Crippen LogP) is 3.49. The van der Waals surface area contributed by atoms with Crippen molar-refractivity contribution in [2.24, 2.45) is 0 Å². The Labute approximate surface area is 108 Å². The normalized spacial score (nSPS) is 20.8. The van der Waals surface area contributed by atoms with Crippen LogP contribution in [0.4, 0.5) is 13.2 Å². The molecule has 1 atom stereocenters. The van der Waals surface area contributed by atoms with Gasteiger partial charge in [-0.25, -0.2) is 0 Å². The second-order valence-corrected chi connectivity index (χ2v) is 4.63. The molecular weight excluding hydrogens is 267 g/mol. The zero-order chi connectivity index (χ0) is 13.2. The lowest BCUT2D eigenvalue weighted by Gasteiger charge is -2.24. The van der Waals surface area contributed by atoms with Crippen molar-refractivity contribution >= 4 is 11.6 Å². The highest BCUT2D eigenvalue weighted by molar-refractivity contribution is 6.31. The molecule has 0 bridgehead atoms. The summed E-state index contributed by atoms with van der Waals surface area (Å²) in [6.07, 6.45) is -2.54. The van der Waals surface area contributed by atoms with Gasteiger partial charge in [0, 0.05) is 6.54 Å². The van der Waals surface area contributed by atoms with Gasteiger partial charge in [-0.3, -0.25) is 0 Å². The number of hydrogen-bond acceptors (Lipinski definition) is 2. The second kappa shape index (κ2) is 5.36. The van der Waals surface area contributed by atoms with Crippen molar-refractivity contribution in [2.75, 3.05) is 13.1 Å². The predicted molar refractivity (Wildman–Crippen MR) is 63.0 cm³/mol. The average molecular weight is 280 g/mol. The fourth-order valence-corrected chi connectivity index (χ4v) is 2.19. The van der Waals surface area contributed by atoms with E-state index in [1.165, 1.54) is 12.1 Å². The fraction of sp³-hybridized carbons (Fsp3) is 0.500. The van der Waals surface area contributed by atoms with Crippen molar-refractivity contribution in [3.05, 3.63) is 28.8 Å². The Bertz CT molecular complexity index is 416. The first-order chi connectivity index (χ1) is 8.47. The maximum absolute atomic E-state index is 12.5. The highest BCUT2D eigenvalue weighted by Crippen LogP contribution is 2.36. The number of alkyl halides is 3. The van der Waals surface area contributed by atoms with E-state index in [9.17, 15) is 13.2 Å². The van der Waals surface area contributed by atoms with Gasteiger partial charge in [0.2, 0.25) is 0 Å². The number of rotatable bonds is 2. The van der Waals surface area contributed by atoms with E-state index in [0.717, 1.165) is 25.5 Å². The molecule has 1 saturated heterocycles. The number of hydrogen-bond donors (Lipinski definition) is 1. The van der Waals surface area contributed by atoms with Gasteiger partial charge in [-0.2, -0.15) is 13.2 Å². The first kappa shape index (κ1) is 13.5. The Balaban J connectivity index is 2.08. The smallest absolute Gasteiger partial charge is 0.417 e. The zero-order valence-corrected chi connectivity index (χ0v) is 10.3. The molecule has 1 fully saturated rings. The summed E-state index contributed by atoms with van der Waals surface area (Å²) in [6.45, 7) is 1.66. The molecule has 1 aromatic carbocycles. The summed E-state index contributed by atoms with van der Waals surface area (Å²) in [5.74, 6) is 0.377. The van der Waals surface area contributed by atoms with Crippen LogP contribution in [-0.4, -0.2) is 19.2 Å². The molecule has 1 aliphatic rings. The summed E-state index contributed by atoms with van der Waals surface area (Å²) >= 11 is 5.62. The molecule has 1 aliphatic heterocycles. The van der Waals surface area contributed by atoms with Crippen LogP contribution in [0.25, 0.3) is 0 Å². The van der Waals surface area contributed by atoms with E-state index in [-0.39, 0.29) is 11.1 Å². The van der Waals surface area contributed by atoms with Gasteiger partial charge in [0.1, 0.15) is 11.9 Å². The quantitative estimate of drug-likeness (QED) is 0.895. The van der Waals surface area contributed by atoms with Crippen LogP contribution >= 0.6 is 11.6 Å². The van der Waals surface area contributed by atoms with E-state index < -0.39 is 11.7 Å². The molecule has 0 radical (unpaired) electrons. The number of benzene rings is 1. The summed E-state index contributed by atoms with van der Waals surface area (Å²) in [5, 5.41) is 2.84. The summed E-state index contributed by atoms with van der Waals surface area (Å²) in [6, 6.07) is 3.48. The molecule has 1 unspecified atom stereocenters. The highest BCUT2D eigenvalue weighted by atomic mass is 35.5. The Kier molecular flexibility index (Phi) is 4.02. The molecule has 18 heavy (non-hydrogen) atoms. The van der Waals surface area contributed by atoms with Gasteiger partial charge in [-0.1, -0.05) is 11.6 Å². The molecule has 0 amide bonds. The van der Waals surface area contributed by atoms with Crippen molar-refractivity contribution < 1.29 is 17.9 Å². The van der Waals surface area contributed by atoms with Crippen LogP contribution in [0.5, 0.6) is 5.75 Å². The first-order valence-electron chi connectivity index (χ1n) is 5.71.